The van der Waals surface area contributed by atoms with Crippen molar-refractivity contribution >= 4 is 10.9 Å². The number of nitrogens with two attached hydrogens (primary N) is 1. The fourth-order valence-electron chi connectivity index (χ4n) is 4.37. The van der Waals surface area contributed by atoms with Crippen LogP contribution in [0.4, 0.5) is 0 Å². The average Bonchev–Trinajstić information content (AvgIpc) is 2.60. The zero-order valence-corrected chi connectivity index (χ0v) is 12.9. The molecule has 4 unspecified atom stereocenters. The van der Waals surface area contributed by atoms with E-state index in [1.807, 2.05) is 12.3 Å². The lowest BCUT2D eigenvalue weighted by Gasteiger charge is -2.51. The third-order valence-electron chi connectivity index (χ3n) is 5.61. The smallest absolute Gasteiger partial charge is 0.0705 e. The lowest BCUT2D eigenvalue weighted by Crippen LogP contribution is -2.56. The van der Waals surface area contributed by atoms with Crippen molar-refractivity contribution in [3.8, 4) is 0 Å². The average molecular weight is 296 g/mol. The van der Waals surface area contributed by atoms with E-state index in [4.69, 9.17) is 5.73 Å². The van der Waals surface area contributed by atoms with E-state index in [0.29, 0.717) is 12.0 Å². The van der Waals surface area contributed by atoms with Gasteiger partial charge in [-0.05, 0) is 48.9 Å². The quantitative estimate of drug-likeness (QED) is 0.883. The first-order chi connectivity index (χ1) is 10.8. The van der Waals surface area contributed by atoms with E-state index >= 15 is 0 Å². The van der Waals surface area contributed by atoms with Gasteiger partial charge in [0, 0.05) is 31.6 Å². The van der Waals surface area contributed by atoms with Gasteiger partial charge in [-0.1, -0.05) is 24.3 Å². The summed E-state index contributed by atoms with van der Waals surface area (Å²) in [4.78, 5) is 7.04. The largest absolute Gasteiger partial charge is 0.323 e. The van der Waals surface area contributed by atoms with Crippen LogP contribution in [0.3, 0.4) is 0 Å². The summed E-state index contributed by atoms with van der Waals surface area (Å²) >= 11 is 0. The van der Waals surface area contributed by atoms with Crippen LogP contribution in [0.25, 0.3) is 10.9 Å². The summed E-state index contributed by atoms with van der Waals surface area (Å²) in [7, 11) is 0. The summed E-state index contributed by atoms with van der Waals surface area (Å²) in [6.07, 6.45) is 6.51. The third kappa shape index (κ3) is 2.16. The van der Waals surface area contributed by atoms with Crippen molar-refractivity contribution in [2.45, 2.75) is 24.9 Å². The lowest BCUT2D eigenvalue weighted by molar-refractivity contribution is 0.00749. The van der Waals surface area contributed by atoms with Gasteiger partial charge in [0.25, 0.3) is 0 Å². The molecule has 5 atom stereocenters. The van der Waals surface area contributed by atoms with Crippen LogP contribution in [-0.4, -0.2) is 29.0 Å². The van der Waals surface area contributed by atoms with Crippen molar-refractivity contribution in [1.29, 1.82) is 0 Å². The SMILES string of the molecule is C=CC1CN2CCC1CC2[C@@H](N)c1ccnc2ccccc12.[2HH]. The minimum Gasteiger partial charge on any atom is -0.323 e. The molecule has 0 spiro atoms. The molecule has 0 amide bonds. The summed E-state index contributed by atoms with van der Waals surface area (Å²) in [5.74, 6) is 1.40. The van der Waals surface area contributed by atoms with Gasteiger partial charge in [0.2, 0.25) is 0 Å². The molecule has 2 N–H and O–H groups in total. The molecule has 4 heterocycles. The lowest BCUT2D eigenvalue weighted by atomic mass is 9.73. The number of piperidine rings is 3. The van der Waals surface area contributed by atoms with Gasteiger partial charge in [-0.15, -0.1) is 6.58 Å². The molecule has 3 saturated heterocycles. The molecule has 3 heteroatoms. The van der Waals surface area contributed by atoms with E-state index in [2.05, 4.69) is 46.8 Å². The number of aromatic nitrogens is 1. The molecule has 1 aromatic heterocycles. The number of fused-ring (bicyclic) bond motifs is 4. The molecule has 0 aliphatic carbocycles. The normalized spacial score (nSPS) is 32.0. The van der Waals surface area contributed by atoms with Gasteiger partial charge < -0.3 is 5.73 Å². The maximum atomic E-state index is 6.71. The predicted molar refractivity (Wildman–Crippen MR) is 92.6 cm³/mol. The molecular formula is C19H25N3. The maximum absolute atomic E-state index is 6.71. The summed E-state index contributed by atoms with van der Waals surface area (Å²) < 4.78 is 0. The van der Waals surface area contributed by atoms with Crippen molar-refractivity contribution in [2.24, 2.45) is 17.6 Å². The van der Waals surface area contributed by atoms with Gasteiger partial charge in [-0.3, -0.25) is 9.88 Å². The van der Waals surface area contributed by atoms with Crippen LogP contribution in [0.15, 0.2) is 49.2 Å². The molecule has 116 valence electrons. The Morgan fingerprint density at radius 2 is 2.23 bits per heavy atom. The minimum absolute atomic E-state index is 0. The van der Waals surface area contributed by atoms with Crippen LogP contribution < -0.4 is 5.73 Å². The number of benzene rings is 1. The van der Waals surface area contributed by atoms with E-state index in [9.17, 15) is 0 Å². The Bertz CT molecular complexity index is 697. The van der Waals surface area contributed by atoms with Crippen molar-refractivity contribution in [3.05, 3.63) is 54.7 Å². The minimum atomic E-state index is 0. The van der Waals surface area contributed by atoms with Crippen LogP contribution in [0.2, 0.25) is 0 Å². The standard InChI is InChI=1S/C19H23N3.H2/c1-2-13-12-22-10-8-14(13)11-18(22)19(20)16-7-9-21-17-6-4-3-5-15(16)17;/h2-7,9,13-14,18-19H,1,8,10-12,20H2;1H/t13?,14?,18?,19-;/m0./s1/i;1+1. The van der Waals surface area contributed by atoms with Crippen molar-refractivity contribution < 1.29 is 1.43 Å². The van der Waals surface area contributed by atoms with Gasteiger partial charge in [-0.2, -0.15) is 0 Å². The maximum Gasteiger partial charge on any atom is 0.0705 e. The van der Waals surface area contributed by atoms with Crippen LogP contribution in [-0.2, 0) is 0 Å². The second-order valence-corrected chi connectivity index (χ2v) is 6.69. The molecule has 3 aliphatic heterocycles. The first-order valence-corrected chi connectivity index (χ1v) is 8.24. The molecule has 3 fully saturated rings. The molecule has 2 bridgehead atoms. The van der Waals surface area contributed by atoms with E-state index in [0.717, 1.165) is 18.0 Å². The summed E-state index contributed by atoms with van der Waals surface area (Å²) in [6, 6.07) is 10.9. The van der Waals surface area contributed by atoms with Crippen LogP contribution >= 0.6 is 0 Å². The number of rotatable bonds is 3. The first kappa shape index (κ1) is 13.9. The van der Waals surface area contributed by atoms with Gasteiger partial charge in [0.15, 0.2) is 0 Å². The fourth-order valence-corrected chi connectivity index (χ4v) is 4.37. The molecule has 3 aliphatic rings. The number of hydrogen-bond donors (Lipinski definition) is 1. The van der Waals surface area contributed by atoms with Gasteiger partial charge in [0.05, 0.1) is 5.52 Å². The Balaban J connectivity index is 0.00000156. The van der Waals surface area contributed by atoms with Crippen molar-refractivity contribution in [1.82, 2.24) is 9.88 Å². The number of nitrogens with zero attached hydrogens (tertiary/aromatic N) is 2. The van der Waals surface area contributed by atoms with Crippen molar-refractivity contribution in [3.63, 3.8) is 0 Å². The Kier molecular flexibility index (Phi) is 3.47. The molecule has 5 rings (SSSR count). The Morgan fingerprint density at radius 1 is 1.36 bits per heavy atom. The zero-order valence-electron chi connectivity index (χ0n) is 12.9. The molecule has 1 aromatic carbocycles. The second kappa shape index (κ2) is 5.49. The van der Waals surface area contributed by atoms with Crippen LogP contribution in [0, 0.1) is 11.8 Å². The van der Waals surface area contributed by atoms with Gasteiger partial charge in [0.1, 0.15) is 0 Å². The third-order valence-corrected chi connectivity index (χ3v) is 5.61. The molecule has 2 aromatic rings. The second-order valence-electron chi connectivity index (χ2n) is 6.69. The highest BCUT2D eigenvalue weighted by Crippen LogP contribution is 2.41. The molecular weight excluding hydrogens is 270 g/mol. The summed E-state index contributed by atoms with van der Waals surface area (Å²) in [5.41, 5.74) is 8.99. The number of para-hydroxylation sites is 1. The summed E-state index contributed by atoms with van der Waals surface area (Å²) in [5, 5.41) is 1.19. The fraction of sp³-hybridized carbons (Fsp3) is 0.421. The molecule has 0 radical (unpaired) electrons. The van der Waals surface area contributed by atoms with E-state index in [-0.39, 0.29) is 7.47 Å². The van der Waals surface area contributed by atoms with E-state index in [1.54, 1.807) is 0 Å². The molecule has 0 saturated carbocycles. The summed E-state index contributed by atoms with van der Waals surface area (Å²) in [6.45, 7) is 6.30. The Hall–Kier alpha value is -1.71. The van der Waals surface area contributed by atoms with E-state index in [1.165, 1.54) is 30.3 Å². The Labute approximate surface area is 133 Å². The zero-order chi connectivity index (χ0) is 15.1. The predicted octanol–water partition coefficient (Wildman–Crippen LogP) is 3.38. The van der Waals surface area contributed by atoms with Gasteiger partial charge >= 0.3 is 0 Å². The molecule has 3 nitrogen and oxygen atoms in total. The van der Waals surface area contributed by atoms with Crippen LogP contribution in [0.5, 0.6) is 0 Å². The highest BCUT2D eigenvalue weighted by Gasteiger charge is 2.41. The van der Waals surface area contributed by atoms with E-state index < -0.39 is 0 Å². The highest BCUT2D eigenvalue weighted by atomic mass is 15.2. The highest BCUT2D eigenvalue weighted by molar-refractivity contribution is 5.82. The Morgan fingerprint density at radius 3 is 3.00 bits per heavy atom. The van der Waals surface area contributed by atoms with Crippen LogP contribution in [0.1, 0.15) is 25.9 Å². The number of hydrogen-bond acceptors (Lipinski definition) is 3. The topological polar surface area (TPSA) is 42.1 Å². The monoisotopic (exact) mass is 296 g/mol. The number of pyridine rings is 1. The van der Waals surface area contributed by atoms with Crippen molar-refractivity contribution in [2.75, 3.05) is 13.1 Å². The van der Waals surface area contributed by atoms with Gasteiger partial charge in [-0.25, -0.2) is 0 Å². The first-order valence-electron chi connectivity index (χ1n) is 8.24. The molecule has 22 heavy (non-hydrogen) atoms.